The smallest absolute Gasteiger partial charge is 0.317 e. The third-order valence-electron chi connectivity index (χ3n) is 6.51. The molecule has 1 atom stereocenters. The van der Waals surface area contributed by atoms with Gasteiger partial charge in [-0.3, -0.25) is 14.4 Å². The number of likely N-dealkylation sites (N-methyl/N-ethyl adjacent to an activating group) is 1. The lowest BCUT2D eigenvalue weighted by molar-refractivity contribution is -0.123. The van der Waals surface area contributed by atoms with Gasteiger partial charge in [0.15, 0.2) is 5.78 Å². The molecule has 0 spiro atoms. The summed E-state index contributed by atoms with van der Waals surface area (Å²) in [6.45, 7) is 4.22. The average Bonchev–Trinajstić information content (AvgIpc) is 3.29. The van der Waals surface area contributed by atoms with Gasteiger partial charge in [-0.1, -0.05) is 26.0 Å². The summed E-state index contributed by atoms with van der Waals surface area (Å²) in [6.07, 6.45) is 5.83. The molecule has 0 radical (unpaired) electrons. The Morgan fingerprint density at radius 2 is 1.85 bits per heavy atom. The number of H-pyrrole nitrogens is 1. The average molecular weight is 567 g/mol. The number of halogens is 1. The highest BCUT2D eigenvalue weighted by molar-refractivity contribution is 5.90. The van der Waals surface area contributed by atoms with Crippen LogP contribution in [-0.4, -0.2) is 76.3 Å². The summed E-state index contributed by atoms with van der Waals surface area (Å²) in [7, 11) is 6.42. The number of pyridine rings is 1. The van der Waals surface area contributed by atoms with E-state index in [9.17, 15) is 23.6 Å². The SMILES string of the molecule is CC(C)Cc1cc(F)cc2[nH]c(Cn3cccc(CC(=O)[C@H](CC/C=C/C(=O)N(C)C)NC(=O)N(C)C)c3=O)nc12. The number of amides is 3. The monoisotopic (exact) mass is 566 g/mol. The first-order chi connectivity index (χ1) is 19.3. The topological polar surface area (TPSA) is 120 Å². The molecule has 3 aromatic rings. The Bertz CT molecular complexity index is 1490. The lowest BCUT2D eigenvalue weighted by atomic mass is 10.0. The van der Waals surface area contributed by atoms with Gasteiger partial charge in [0, 0.05) is 46.4 Å². The summed E-state index contributed by atoms with van der Waals surface area (Å²) < 4.78 is 15.6. The Labute approximate surface area is 239 Å². The third-order valence-corrected chi connectivity index (χ3v) is 6.51. The van der Waals surface area contributed by atoms with E-state index >= 15 is 0 Å². The Morgan fingerprint density at radius 3 is 2.51 bits per heavy atom. The molecule has 10 nitrogen and oxygen atoms in total. The summed E-state index contributed by atoms with van der Waals surface area (Å²) in [6, 6.07) is 4.88. The minimum Gasteiger partial charge on any atom is -0.345 e. The number of benzene rings is 1. The number of rotatable bonds is 12. The first-order valence-electron chi connectivity index (χ1n) is 13.6. The van der Waals surface area contributed by atoms with Gasteiger partial charge in [-0.25, -0.2) is 14.2 Å². The minimum absolute atomic E-state index is 0.115. The molecule has 2 aromatic heterocycles. The van der Waals surface area contributed by atoms with Crippen molar-refractivity contribution in [1.82, 2.24) is 29.7 Å². The maximum absolute atomic E-state index is 14.2. The first kappa shape index (κ1) is 31.3. The number of aromatic nitrogens is 3. The number of hydrogen-bond acceptors (Lipinski definition) is 5. The highest BCUT2D eigenvalue weighted by Gasteiger charge is 2.22. The molecule has 2 heterocycles. The fourth-order valence-corrected chi connectivity index (χ4v) is 4.38. The number of carbonyl (C=O) groups excluding carboxylic acids is 3. The van der Waals surface area contributed by atoms with E-state index < -0.39 is 12.1 Å². The zero-order valence-corrected chi connectivity index (χ0v) is 24.5. The molecule has 3 amide bonds. The number of nitrogens with zero attached hydrogens (tertiary/aromatic N) is 4. The van der Waals surface area contributed by atoms with Gasteiger partial charge in [-0.05, 0) is 55.0 Å². The molecular formula is C30H39FN6O4. The minimum atomic E-state index is -0.846. The van der Waals surface area contributed by atoms with E-state index in [0.717, 1.165) is 5.56 Å². The fourth-order valence-electron chi connectivity index (χ4n) is 4.38. The summed E-state index contributed by atoms with van der Waals surface area (Å²) >= 11 is 0. The van der Waals surface area contributed by atoms with Gasteiger partial charge in [0.1, 0.15) is 11.6 Å². The lowest BCUT2D eigenvalue weighted by Gasteiger charge is -2.20. The summed E-state index contributed by atoms with van der Waals surface area (Å²) in [5, 5.41) is 2.71. The highest BCUT2D eigenvalue weighted by Crippen LogP contribution is 2.22. The molecule has 3 rings (SSSR count). The number of urea groups is 1. The van der Waals surface area contributed by atoms with E-state index in [-0.39, 0.29) is 48.0 Å². The van der Waals surface area contributed by atoms with Gasteiger partial charge in [-0.15, -0.1) is 0 Å². The largest absolute Gasteiger partial charge is 0.345 e. The zero-order valence-electron chi connectivity index (χ0n) is 24.5. The quantitative estimate of drug-likeness (QED) is 0.326. The van der Waals surface area contributed by atoms with Gasteiger partial charge in [0.05, 0.1) is 23.6 Å². The van der Waals surface area contributed by atoms with Gasteiger partial charge in [0.25, 0.3) is 5.56 Å². The normalized spacial score (nSPS) is 12.2. The van der Waals surface area contributed by atoms with E-state index in [1.165, 1.54) is 32.6 Å². The summed E-state index contributed by atoms with van der Waals surface area (Å²) in [5.74, 6) is -0.0336. The second kappa shape index (κ2) is 13.9. The van der Waals surface area contributed by atoms with Crippen LogP contribution in [0.4, 0.5) is 9.18 Å². The molecule has 0 aliphatic heterocycles. The van der Waals surface area contributed by atoms with Crippen LogP contribution < -0.4 is 10.9 Å². The molecule has 0 aliphatic carbocycles. The molecule has 0 unspecified atom stereocenters. The van der Waals surface area contributed by atoms with Crippen molar-refractivity contribution in [3.05, 3.63) is 75.7 Å². The lowest BCUT2D eigenvalue weighted by Crippen LogP contribution is -2.46. The van der Waals surface area contributed by atoms with Crippen molar-refractivity contribution in [3.8, 4) is 0 Å². The molecule has 11 heteroatoms. The van der Waals surface area contributed by atoms with Crippen molar-refractivity contribution >= 4 is 28.8 Å². The van der Waals surface area contributed by atoms with Gasteiger partial charge < -0.3 is 24.7 Å². The van der Waals surface area contributed by atoms with E-state index in [1.54, 1.807) is 52.6 Å². The molecule has 220 valence electrons. The third kappa shape index (κ3) is 8.60. The number of hydrogen-bond donors (Lipinski definition) is 2. The summed E-state index contributed by atoms with van der Waals surface area (Å²) in [5.41, 5.74) is 1.97. The van der Waals surface area contributed by atoms with Crippen LogP contribution in [-0.2, 0) is 29.0 Å². The van der Waals surface area contributed by atoms with Crippen LogP contribution in [0, 0.1) is 11.7 Å². The van der Waals surface area contributed by atoms with E-state index in [0.29, 0.717) is 35.6 Å². The number of allylic oxidation sites excluding steroid dienone is 1. The molecule has 0 saturated carbocycles. The number of aromatic amines is 1. The maximum atomic E-state index is 14.2. The molecule has 0 saturated heterocycles. The molecule has 0 bridgehead atoms. The van der Waals surface area contributed by atoms with Crippen LogP contribution in [0.25, 0.3) is 11.0 Å². The molecule has 41 heavy (non-hydrogen) atoms. The number of carbonyl (C=O) groups is 3. The molecule has 0 aliphatic rings. The van der Waals surface area contributed by atoms with Gasteiger partial charge >= 0.3 is 6.03 Å². The Kier molecular flexibility index (Phi) is 10.6. The first-order valence-corrected chi connectivity index (χ1v) is 13.6. The predicted octanol–water partition coefficient (Wildman–Crippen LogP) is 3.29. The van der Waals surface area contributed by atoms with Crippen molar-refractivity contribution < 1.29 is 18.8 Å². The van der Waals surface area contributed by atoms with Crippen molar-refractivity contribution in [2.24, 2.45) is 5.92 Å². The standard InChI is InChI=1S/C30H39FN6O4/c1-19(2)14-21-15-22(31)17-24-28(21)34-26(32-24)18-37-13-9-10-20(29(37)40)16-25(38)23(33-30(41)36(5)6)11-7-8-12-27(39)35(3)4/h8-10,12-13,15,17,19,23H,7,11,14,16,18H2,1-6H3,(H,32,34)(H,33,41)/b12-8+/t23-/m0/s1. The fraction of sp³-hybridized carbons (Fsp3) is 0.433. The zero-order chi connectivity index (χ0) is 30.3. The van der Waals surface area contributed by atoms with E-state index in [1.807, 2.05) is 0 Å². The summed E-state index contributed by atoms with van der Waals surface area (Å²) in [4.78, 5) is 61.2. The molecule has 1 aromatic carbocycles. The van der Waals surface area contributed by atoms with Crippen molar-refractivity contribution in [2.45, 2.75) is 52.1 Å². The van der Waals surface area contributed by atoms with Crippen LogP contribution in [0.15, 0.2) is 47.4 Å². The van der Waals surface area contributed by atoms with Crippen molar-refractivity contribution in [2.75, 3.05) is 28.2 Å². The van der Waals surface area contributed by atoms with Crippen molar-refractivity contribution in [1.29, 1.82) is 0 Å². The predicted molar refractivity (Wildman–Crippen MR) is 156 cm³/mol. The van der Waals surface area contributed by atoms with E-state index in [4.69, 9.17) is 0 Å². The number of Topliss-reactive ketones (excluding diaryl/α,β-unsaturated/α-hetero) is 1. The number of fused-ring (bicyclic) bond motifs is 1. The molecule has 0 fully saturated rings. The number of nitrogens with one attached hydrogen (secondary N) is 2. The Balaban J connectivity index is 1.79. The second-order valence-electron chi connectivity index (χ2n) is 11.0. The Morgan fingerprint density at radius 1 is 1.12 bits per heavy atom. The molecule has 2 N–H and O–H groups in total. The van der Waals surface area contributed by atoms with Crippen LogP contribution in [0.5, 0.6) is 0 Å². The molecular weight excluding hydrogens is 527 g/mol. The second-order valence-corrected chi connectivity index (χ2v) is 11.0. The maximum Gasteiger partial charge on any atom is 0.317 e. The highest BCUT2D eigenvalue weighted by atomic mass is 19.1. The van der Waals surface area contributed by atoms with Crippen LogP contribution in [0.1, 0.15) is 43.6 Å². The Hall–Kier alpha value is -4.28. The van der Waals surface area contributed by atoms with E-state index in [2.05, 4.69) is 29.1 Å². The van der Waals surface area contributed by atoms with Gasteiger partial charge in [-0.2, -0.15) is 0 Å². The van der Waals surface area contributed by atoms with Gasteiger partial charge in [0.2, 0.25) is 5.91 Å². The number of ketones is 1. The van der Waals surface area contributed by atoms with Crippen molar-refractivity contribution in [3.63, 3.8) is 0 Å². The van der Waals surface area contributed by atoms with Crippen LogP contribution in [0.2, 0.25) is 0 Å². The van der Waals surface area contributed by atoms with Crippen LogP contribution in [0.3, 0.4) is 0 Å². The number of imidazole rings is 1. The van der Waals surface area contributed by atoms with Crippen LogP contribution >= 0.6 is 0 Å².